The average molecular weight is 344 g/mol. The summed E-state index contributed by atoms with van der Waals surface area (Å²) >= 11 is 0. The van der Waals surface area contributed by atoms with Crippen molar-refractivity contribution in [2.45, 2.75) is 38.8 Å². The van der Waals surface area contributed by atoms with Crippen LogP contribution >= 0.6 is 0 Å². The first-order chi connectivity index (χ1) is 11.9. The van der Waals surface area contributed by atoms with Crippen molar-refractivity contribution in [1.82, 2.24) is 4.90 Å². The van der Waals surface area contributed by atoms with Crippen LogP contribution in [0.3, 0.4) is 0 Å². The summed E-state index contributed by atoms with van der Waals surface area (Å²) in [4.78, 5) is 14.4. The van der Waals surface area contributed by atoms with Crippen LogP contribution in [0, 0.1) is 11.3 Å². The second-order valence-corrected chi connectivity index (χ2v) is 6.72. The quantitative estimate of drug-likeness (QED) is 0.780. The molecule has 1 aromatic rings. The summed E-state index contributed by atoms with van der Waals surface area (Å²) in [6, 6.07) is 7.24. The first-order valence-electron chi connectivity index (χ1n) is 8.20. The number of para-hydroxylation sites is 1. The number of nitriles is 1. The minimum atomic E-state index is -0.589. The Morgan fingerprint density at radius 2 is 2.24 bits per heavy atom. The molecule has 0 saturated carbocycles. The van der Waals surface area contributed by atoms with Gasteiger partial charge in [-0.25, -0.2) is 4.79 Å². The van der Waals surface area contributed by atoms with Crippen molar-refractivity contribution < 1.29 is 19.0 Å². The van der Waals surface area contributed by atoms with Gasteiger partial charge in [0.05, 0.1) is 31.5 Å². The fraction of sp³-hybridized carbons (Fsp3) is 0.474. The molecule has 1 aromatic carbocycles. The van der Waals surface area contributed by atoms with Gasteiger partial charge in [-0.1, -0.05) is 12.1 Å². The zero-order chi connectivity index (χ0) is 18.4. The summed E-state index contributed by atoms with van der Waals surface area (Å²) in [5.74, 6) is 0.534. The third-order valence-corrected chi connectivity index (χ3v) is 3.70. The van der Waals surface area contributed by atoms with Gasteiger partial charge in [-0.05, 0) is 39.3 Å². The van der Waals surface area contributed by atoms with Gasteiger partial charge in [-0.2, -0.15) is 5.26 Å². The van der Waals surface area contributed by atoms with Gasteiger partial charge in [0, 0.05) is 5.56 Å². The van der Waals surface area contributed by atoms with Crippen LogP contribution in [0.25, 0.3) is 0 Å². The molecule has 2 rings (SSSR count). The van der Waals surface area contributed by atoms with Gasteiger partial charge < -0.3 is 14.2 Å². The molecule has 0 bridgehead atoms. The molecule has 1 aliphatic heterocycles. The number of methoxy groups -OCH3 is 1. The third kappa shape index (κ3) is 4.66. The highest BCUT2D eigenvalue weighted by Crippen LogP contribution is 2.37. The van der Waals surface area contributed by atoms with Gasteiger partial charge in [0.15, 0.2) is 0 Å². The topological polar surface area (TPSA) is 71.8 Å². The molecule has 0 radical (unpaired) electrons. The van der Waals surface area contributed by atoms with Crippen LogP contribution in [-0.2, 0) is 9.47 Å². The SMILES string of the molecule is COC=CCC1c2cccc(C#N)c2OCCN1C(=O)OC(C)(C)C. The van der Waals surface area contributed by atoms with E-state index in [1.54, 1.807) is 30.4 Å². The summed E-state index contributed by atoms with van der Waals surface area (Å²) in [5.41, 5.74) is 0.668. The lowest BCUT2D eigenvalue weighted by Gasteiger charge is -2.31. The predicted molar refractivity (Wildman–Crippen MR) is 93.1 cm³/mol. The normalized spacial score (nSPS) is 17.2. The number of amides is 1. The molecule has 0 fully saturated rings. The molecule has 134 valence electrons. The number of hydrogen-bond donors (Lipinski definition) is 0. The maximum atomic E-state index is 12.7. The number of ether oxygens (including phenoxy) is 3. The lowest BCUT2D eigenvalue weighted by Crippen LogP contribution is -2.40. The first kappa shape index (κ1) is 18.7. The van der Waals surface area contributed by atoms with E-state index < -0.39 is 11.7 Å². The number of carbonyl (C=O) groups is 1. The maximum absolute atomic E-state index is 12.7. The lowest BCUT2D eigenvalue weighted by molar-refractivity contribution is 0.0152. The number of nitrogens with zero attached hydrogens (tertiary/aromatic N) is 2. The monoisotopic (exact) mass is 344 g/mol. The molecule has 1 unspecified atom stereocenters. The lowest BCUT2D eigenvalue weighted by atomic mass is 9.99. The van der Waals surface area contributed by atoms with Gasteiger partial charge in [-0.15, -0.1) is 0 Å². The molecule has 1 heterocycles. The van der Waals surface area contributed by atoms with Crippen molar-refractivity contribution in [2.75, 3.05) is 20.3 Å². The molecule has 0 aromatic heterocycles. The smallest absolute Gasteiger partial charge is 0.410 e. The van der Waals surface area contributed by atoms with Gasteiger partial charge in [0.1, 0.15) is 24.0 Å². The summed E-state index contributed by atoms with van der Waals surface area (Å²) in [6.07, 6.45) is 3.54. The standard InChI is InChI=1S/C19H24N2O4/c1-19(2,3)25-18(22)21-10-12-24-17-14(13-20)7-5-8-15(17)16(21)9-6-11-23-4/h5-8,11,16H,9-10,12H2,1-4H3. The molecule has 0 aliphatic carbocycles. The van der Waals surface area contributed by atoms with Gasteiger partial charge in [0.2, 0.25) is 0 Å². The van der Waals surface area contributed by atoms with E-state index in [9.17, 15) is 10.1 Å². The second kappa shape index (κ2) is 7.93. The minimum Gasteiger partial charge on any atom is -0.505 e. The van der Waals surface area contributed by atoms with E-state index in [1.165, 1.54) is 0 Å². The Morgan fingerprint density at radius 3 is 2.88 bits per heavy atom. The van der Waals surface area contributed by atoms with Crippen LogP contribution < -0.4 is 4.74 Å². The summed E-state index contributed by atoms with van der Waals surface area (Å²) in [5, 5.41) is 9.34. The van der Waals surface area contributed by atoms with Crippen LogP contribution in [0.5, 0.6) is 5.75 Å². The highest BCUT2D eigenvalue weighted by molar-refractivity contribution is 5.69. The molecule has 6 nitrogen and oxygen atoms in total. The van der Waals surface area contributed by atoms with Crippen molar-refractivity contribution in [3.05, 3.63) is 41.7 Å². The van der Waals surface area contributed by atoms with E-state index in [0.717, 1.165) is 5.56 Å². The van der Waals surface area contributed by atoms with Crippen LogP contribution in [0.15, 0.2) is 30.5 Å². The number of rotatable bonds is 3. The Balaban J connectivity index is 2.43. The highest BCUT2D eigenvalue weighted by Gasteiger charge is 2.33. The Morgan fingerprint density at radius 1 is 1.48 bits per heavy atom. The number of carbonyl (C=O) groups excluding carboxylic acids is 1. The molecule has 1 aliphatic rings. The van der Waals surface area contributed by atoms with Gasteiger partial charge >= 0.3 is 6.09 Å². The fourth-order valence-corrected chi connectivity index (χ4v) is 2.71. The van der Waals surface area contributed by atoms with E-state index in [4.69, 9.17) is 14.2 Å². The molecule has 0 N–H and O–H groups in total. The molecular formula is C19H24N2O4. The molecule has 0 saturated heterocycles. The van der Waals surface area contributed by atoms with Crippen LogP contribution in [0.2, 0.25) is 0 Å². The van der Waals surface area contributed by atoms with Crippen molar-refractivity contribution >= 4 is 6.09 Å². The maximum Gasteiger partial charge on any atom is 0.410 e. The van der Waals surface area contributed by atoms with Crippen molar-refractivity contribution in [1.29, 1.82) is 5.26 Å². The number of hydrogen-bond acceptors (Lipinski definition) is 5. The Hall–Kier alpha value is -2.68. The van der Waals surface area contributed by atoms with E-state index in [1.807, 2.05) is 32.9 Å². The molecule has 0 spiro atoms. The van der Waals surface area contributed by atoms with Gasteiger partial charge in [-0.3, -0.25) is 4.90 Å². The van der Waals surface area contributed by atoms with Crippen LogP contribution in [-0.4, -0.2) is 36.9 Å². The molecule has 1 atom stereocenters. The molecule has 6 heteroatoms. The molecular weight excluding hydrogens is 320 g/mol. The fourth-order valence-electron chi connectivity index (χ4n) is 2.71. The second-order valence-electron chi connectivity index (χ2n) is 6.72. The number of benzene rings is 1. The summed E-state index contributed by atoms with van der Waals surface area (Å²) < 4.78 is 16.3. The molecule has 25 heavy (non-hydrogen) atoms. The van der Waals surface area contributed by atoms with Crippen molar-refractivity contribution in [2.24, 2.45) is 0 Å². The van der Waals surface area contributed by atoms with Crippen molar-refractivity contribution in [3.8, 4) is 11.8 Å². The first-order valence-corrected chi connectivity index (χ1v) is 8.20. The zero-order valence-corrected chi connectivity index (χ0v) is 15.1. The van der Waals surface area contributed by atoms with Crippen LogP contribution in [0.1, 0.15) is 44.4 Å². The average Bonchev–Trinajstić information content (AvgIpc) is 2.73. The Bertz CT molecular complexity index is 686. The van der Waals surface area contributed by atoms with E-state index >= 15 is 0 Å². The van der Waals surface area contributed by atoms with Crippen LogP contribution in [0.4, 0.5) is 4.79 Å². The van der Waals surface area contributed by atoms with E-state index in [-0.39, 0.29) is 6.04 Å². The highest BCUT2D eigenvalue weighted by atomic mass is 16.6. The minimum absolute atomic E-state index is 0.299. The Labute approximate surface area is 148 Å². The third-order valence-electron chi connectivity index (χ3n) is 3.70. The van der Waals surface area contributed by atoms with Gasteiger partial charge in [0.25, 0.3) is 0 Å². The Kier molecular flexibility index (Phi) is 5.92. The van der Waals surface area contributed by atoms with E-state index in [0.29, 0.717) is 30.9 Å². The largest absolute Gasteiger partial charge is 0.505 e. The number of fused-ring (bicyclic) bond motifs is 1. The summed E-state index contributed by atoms with van der Waals surface area (Å²) in [6.45, 7) is 6.18. The van der Waals surface area contributed by atoms with Crippen molar-refractivity contribution in [3.63, 3.8) is 0 Å². The zero-order valence-electron chi connectivity index (χ0n) is 15.1. The summed E-state index contributed by atoms with van der Waals surface area (Å²) in [7, 11) is 1.57. The predicted octanol–water partition coefficient (Wildman–Crippen LogP) is 3.78. The van der Waals surface area contributed by atoms with E-state index in [2.05, 4.69) is 6.07 Å². The molecule has 1 amide bonds.